The number of nitrogens with zero attached hydrogens (tertiary/aromatic N) is 2. The quantitative estimate of drug-likeness (QED) is 0.893. The first-order valence-corrected chi connectivity index (χ1v) is 8.45. The van der Waals surface area contributed by atoms with Gasteiger partial charge in [-0.1, -0.05) is 11.6 Å². The Morgan fingerprint density at radius 1 is 1.45 bits per heavy atom. The molecule has 1 N–H and O–H groups in total. The van der Waals surface area contributed by atoms with Gasteiger partial charge < -0.3 is 5.32 Å². The number of rotatable bonds is 5. The highest BCUT2D eigenvalue weighted by atomic mass is 35.5. The lowest BCUT2D eigenvalue weighted by Crippen LogP contribution is -2.38. The van der Waals surface area contributed by atoms with Crippen molar-refractivity contribution in [2.75, 3.05) is 18.1 Å². The first kappa shape index (κ1) is 17.0. The molecule has 8 heteroatoms. The van der Waals surface area contributed by atoms with Gasteiger partial charge in [-0.25, -0.2) is 13.1 Å². The summed E-state index contributed by atoms with van der Waals surface area (Å²) in [5.74, 6) is 0. The van der Waals surface area contributed by atoms with Crippen LogP contribution in [0.1, 0.15) is 33.7 Å². The minimum absolute atomic E-state index is 0.0120. The topological polar surface area (TPSA) is 81.1 Å². The second-order valence-corrected chi connectivity index (χ2v) is 8.63. The number of nitrogens with one attached hydrogen (secondary N) is 1. The van der Waals surface area contributed by atoms with Crippen LogP contribution in [0.25, 0.3) is 0 Å². The van der Waals surface area contributed by atoms with Crippen LogP contribution < -0.4 is 10.9 Å². The second-order valence-electron chi connectivity index (χ2n) is 5.60. The fraction of sp³-hybridized carbons (Fsp3) is 0.667. The van der Waals surface area contributed by atoms with Gasteiger partial charge in [-0.05, 0) is 27.7 Å². The van der Waals surface area contributed by atoms with Crippen LogP contribution in [-0.4, -0.2) is 35.7 Å². The van der Waals surface area contributed by atoms with E-state index in [0.29, 0.717) is 5.69 Å². The minimum atomic E-state index is -3.23. The third kappa shape index (κ3) is 3.52. The molecule has 6 nitrogen and oxygen atoms in total. The van der Waals surface area contributed by atoms with E-state index in [0.717, 1.165) is 0 Å². The summed E-state index contributed by atoms with van der Waals surface area (Å²) < 4.78 is 23.5. The summed E-state index contributed by atoms with van der Waals surface area (Å²) in [6, 6.07) is -0.0958. The minimum Gasteiger partial charge on any atom is -0.381 e. The zero-order valence-corrected chi connectivity index (χ0v) is 13.8. The molecule has 1 rings (SSSR count). The van der Waals surface area contributed by atoms with Gasteiger partial charge in [0.1, 0.15) is 5.02 Å². The maximum Gasteiger partial charge on any atom is 0.287 e. The number of aromatic nitrogens is 2. The van der Waals surface area contributed by atoms with Gasteiger partial charge in [-0.15, -0.1) is 0 Å². The first-order chi connectivity index (χ1) is 8.97. The predicted molar refractivity (Wildman–Crippen MR) is 81.3 cm³/mol. The molecule has 0 radical (unpaired) electrons. The Hall–Kier alpha value is -1.08. The summed E-state index contributed by atoms with van der Waals surface area (Å²) in [6.07, 6.45) is 2.60. The molecule has 0 aliphatic carbocycles. The highest BCUT2D eigenvalue weighted by Gasteiger charge is 2.30. The Labute approximate surface area is 124 Å². The molecule has 20 heavy (non-hydrogen) atoms. The molecule has 0 bridgehead atoms. The zero-order valence-electron chi connectivity index (χ0n) is 12.3. The monoisotopic (exact) mass is 321 g/mol. The van der Waals surface area contributed by atoms with Crippen molar-refractivity contribution in [1.29, 1.82) is 0 Å². The normalized spacial score (nSPS) is 12.8. The Morgan fingerprint density at radius 2 is 2.00 bits per heavy atom. The van der Waals surface area contributed by atoms with Crippen molar-refractivity contribution >= 4 is 27.1 Å². The highest BCUT2D eigenvalue weighted by Crippen LogP contribution is 2.20. The van der Waals surface area contributed by atoms with Gasteiger partial charge in [-0.2, -0.15) is 5.10 Å². The van der Waals surface area contributed by atoms with E-state index in [4.69, 9.17) is 11.6 Å². The van der Waals surface area contributed by atoms with Crippen molar-refractivity contribution in [3.8, 4) is 0 Å². The van der Waals surface area contributed by atoms with Gasteiger partial charge in [-0.3, -0.25) is 4.79 Å². The van der Waals surface area contributed by atoms with E-state index in [1.54, 1.807) is 13.8 Å². The molecule has 0 fully saturated rings. The van der Waals surface area contributed by atoms with Gasteiger partial charge in [0.15, 0.2) is 9.84 Å². The number of hydrogen-bond donors (Lipinski definition) is 1. The molecule has 1 aromatic rings. The molecule has 0 aliphatic rings. The van der Waals surface area contributed by atoms with Gasteiger partial charge in [0.05, 0.1) is 22.7 Å². The molecular weight excluding hydrogens is 302 g/mol. The van der Waals surface area contributed by atoms with Crippen molar-refractivity contribution in [2.24, 2.45) is 0 Å². The van der Waals surface area contributed by atoms with Crippen LogP contribution in [0.5, 0.6) is 0 Å². The van der Waals surface area contributed by atoms with Gasteiger partial charge >= 0.3 is 0 Å². The van der Waals surface area contributed by atoms with E-state index >= 15 is 0 Å². The molecule has 0 saturated heterocycles. The largest absolute Gasteiger partial charge is 0.381 e. The van der Waals surface area contributed by atoms with E-state index in [-0.39, 0.29) is 17.6 Å². The van der Waals surface area contributed by atoms with E-state index in [2.05, 4.69) is 10.4 Å². The molecular formula is C12H20ClN3O3S. The smallest absolute Gasteiger partial charge is 0.287 e. The second kappa shape index (κ2) is 5.73. The molecule has 0 unspecified atom stereocenters. The Balaban J connectivity index is 3.02. The Bertz CT molecular complexity index is 650. The van der Waals surface area contributed by atoms with Gasteiger partial charge in [0.25, 0.3) is 5.56 Å². The number of halogens is 1. The van der Waals surface area contributed by atoms with Crippen molar-refractivity contribution < 1.29 is 8.42 Å². The standard InChI is InChI=1S/C12H20ClN3O3S/c1-8(2)16-11(17)10(13)9(6-15-16)14-7-12(3,4)20(5,18)19/h6,8,14H,7H2,1-5H3. The summed E-state index contributed by atoms with van der Waals surface area (Å²) in [5.41, 5.74) is -0.0610. The fourth-order valence-electron chi connectivity index (χ4n) is 1.38. The zero-order chi connectivity index (χ0) is 15.7. The van der Waals surface area contributed by atoms with E-state index in [9.17, 15) is 13.2 Å². The lowest BCUT2D eigenvalue weighted by molar-refractivity contribution is 0.503. The van der Waals surface area contributed by atoms with E-state index in [1.807, 2.05) is 13.8 Å². The highest BCUT2D eigenvalue weighted by molar-refractivity contribution is 7.92. The molecule has 0 spiro atoms. The molecule has 0 aliphatic heterocycles. The van der Waals surface area contributed by atoms with Crippen molar-refractivity contribution in [3.63, 3.8) is 0 Å². The molecule has 0 aromatic carbocycles. The predicted octanol–water partition coefficient (Wildman–Crippen LogP) is 1.71. The summed E-state index contributed by atoms with van der Waals surface area (Å²) in [7, 11) is -3.23. The maximum absolute atomic E-state index is 12.0. The average Bonchev–Trinajstić information content (AvgIpc) is 2.29. The molecule has 0 amide bonds. The molecule has 0 atom stereocenters. The molecule has 0 saturated carbocycles. The van der Waals surface area contributed by atoms with Gasteiger partial charge in [0, 0.05) is 12.8 Å². The number of hydrogen-bond acceptors (Lipinski definition) is 5. The lowest BCUT2D eigenvalue weighted by atomic mass is 10.2. The van der Waals surface area contributed by atoms with Crippen LogP contribution in [0.4, 0.5) is 5.69 Å². The average molecular weight is 322 g/mol. The molecule has 114 valence electrons. The van der Waals surface area contributed by atoms with Crippen LogP contribution in [-0.2, 0) is 9.84 Å². The van der Waals surface area contributed by atoms with E-state index in [1.165, 1.54) is 17.1 Å². The van der Waals surface area contributed by atoms with Crippen molar-refractivity contribution in [2.45, 2.75) is 38.5 Å². The van der Waals surface area contributed by atoms with Crippen molar-refractivity contribution in [1.82, 2.24) is 9.78 Å². The summed E-state index contributed by atoms with van der Waals surface area (Å²) in [4.78, 5) is 12.0. The Kier molecular flexibility index (Phi) is 4.86. The maximum atomic E-state index is 12.0. The third-order valence-electron chi connectivity index (χ3n) is 3.14. The van der Waals surface area contributed by atoms with Crippen LogP contribution in [0.2, 0.25) is 5.02 Å². The van der Waals surface area contributed by atoms with E-state index < -0.39 is 20.1 Å². The molecule has 1 aromatic heterocycles. The number of sulfone groups is 1. The summed E-state index contributed by atoms with van der Waals surface area (Å²) in [5, 5.41) is 6.90. The summed E-state index contributed by atoms with van der Waals surface area (Å²) in [6.45, 7) is 6.99. The number of anilines is 1. The SMILES string of the molecule is CC(C)n1ncc(NCC(C)(C)S(C)(=O)=O)c(Cl)c1=O. The van der Waals surface area contributed by atoms with Gasteiger partial charge in [0.2, 0.25) is 0 Å². The van der Waals surface area contributed by atoms with Crippen LogP contribution in [0, 0.1) is 0 Å². The van der Waals surface area contributed by atoms with Crippen LogP contribution in [0.15, 0.2) is 11.0 Å². The summed E-state index contributed by atoms with van der Waals surface area (Å²) >= 11 is 6.00. The van der Waals surface area contributed by atoms with Crippen LogP contribution >= 0.6 is 11.6 Å². The third-order valence-corrected chi connectivity index (χ3v) is 5.66. The fourth-order valence-corrected chi connectivity index (χ4v) is 1.91. The molecule has 1 heterocycles. The first-order valence-electron chi connectivity index (χ1n) is 6.18. The van der Waals surface area contributed by atoms with Crippen molar-refractivity contribution in [3.05, 3.63) is 21.6 Å². The van der Waals surface area contributed by atoms with Crippen LogP contribution in [0.3, 0.4) is 0 Å². The lowest BCUT2D eigenvalue weighted by Gasteiger charge is -2.23. The Morgan fingerprint density at radius 3 is 2.45 bits per heavy atom.